The summed E-state index contributed by atoms with van der Waals surface area (Å²) in [5, 5.41) is 0. The molecular formula is C11H14S. The first kappa shape index (κ1) is 9.40. The van der Waals surface area contributed by atoms with Crippen LogP contribution in [0.2, 0.25) is 0 Å². The molecule has 1 aromatic carbocycles. The first-order valence-electron chi connectivity index (χ1n) is 4.19. The minimum atomic E-state index is 1.15. The average molecular weight is 178 g/mol. The summed E-state index contributed by atoms with van der Waals surface area (Å²) in [7, 11) is 0. The van der Waals surface area contributed by atoms with Crippen molar-refractivity contribution in [1.82, 2.24) is 0 Å². The Labute approximate surface area is 78.7 Å². The zero-order valence-electron chi connectivity index (χ0n) is 7.58. The molecule has 0 atom stereocenters. The number of allylic oxidation sites excluding steroid dienone is 1. The Morgan fingerprint density at radius 1 is 1.33 bits per heavy atom. The topological polar surface area (TPSA) is 0 Å². The molecule has 0 spiro atoms. The summed E-state index contributed by atoms with van der Waals surface area (Å²) in [5.41, 5.74) is 1.29. The van der Waals surface area contributed by atoms with Crippen molar-refractivity contribution in [2.75, 3.05) is 5.75 Å². The molecule has 0 heterocycles. The summed E-state index contributed by atoms with van der Waals surface area (Å²) < 4.78 is 0. The maximum atomic E-state index is 2.22. The third-order valence-electron chi connectivity index (χ3n) is 1.54. The van der Waals surface area contributed by atoms with E-state index in [1.165, 1.54) is 10.5 Å². The van der Waals surface area contributed by atoms with Crippen LogP contribution in [-0.4, -0.2) is 5.75 Å². The van der Waals surface area contributed by atoms with Gasteiger partial charge in [-0.05, 0) is 29.2 Å². The second kappa shape index (κ2) is 5.04. The fourth-order valence-electron chi connectivity index (χ4n) is 1.05. The fourth-order valence-corrected chi connectivity index (χ4v) is 1.73. The minimum absolute atomic E-state index is 1.15. The van der Waals surface area contributed by atoms with Crippen molar-refractivity contribution in [3.05, 3.63) is 40.8 Å². The lowest BCUT2D eigenvalue weighted by Crippen LogP contribution is -1.73. The van der Waals surface area contributed by atoms with Crippen LogP contribution in [0.15, 0.2) is 35.2 Å². The van der Waals surface area contributed by atoms with Crippen molar-refractivity contribution < 1.29 is 0 Å². The van der Waals surface area contributed by atoms with Crippen molar-refractivity contribution in [3.8, 4) is 0 Å². The summed E-state index contributed by atoms with van der Waals surface area (Å²) in [6, 6.07) is 10.4. The third kappa shape index (κ3) is 3.14. The molecule has 0 saturated carbocycles. The molecule has 0 aliphatic rings. The van der Waals surface area contributed by atoms with Crippen LogP contribution in [0.1, 0.15) is 19.4 Å². The predicted molar refractivity (Wildman–Crippen MR) is 58.2 cm³/mol. The van der Waals surface area contributed by atoms with Gasteiger partial charge in [0.05, 0.1) is 0 Å². The highest BCUT2D eigenvalue weighted by atomic mass is 32.2. The van der Waals surface area contributed by atoms with Gasteiger partial charge in [0.15, 0.2) is 0 Å². The predicted octanol–water partition coefficient (Wildman–Crippen LogP) is 3.80. The maximum absolute atomic E-state index is 2.22. The summed E-state index contributed by atoms with van der Waals surface area (Å²) in [6.45, 7) is 4.33. The van der Waals surface area contributed by atoms with E-state index in [1.54, 1.807) is 0 Å². The van der Waals surface area contributed by atoms with Crippen LogP contribution in [0.25, 0.3) is 6.08 Å². The molecule has 0 bridgehead atoms. The molecule has 1 heteroatoms. The minimum Gasteiger partial charge on any atom is -0.131 e. The zero-order valence-corrected chi connectivity index (χ0v) is 8.40. The van der Waals surface area contributed by atoms with Gasteiger partial charge in [-0.25, -0.2) is 0 Å². The number of thioether (sulfide) groups is 1. The van der Waals surface area contributed by atoms with Crippen LogP contribution in [0.5, 0.6) is 0 Å². The first-order valence-corrected chi connectivity index (χ1v) is 5.17. The van der Waals surface area contributed by atoms with Crippen molar-refractivity contribution in [3.63, 3.8) is 0 Å². The van der Waals surface area contributed by atoms with E-state index in [0.717, 1.165) is 5.75 Å². The van der Waals surface area contributed by atoms with E-state index >= 15 is 0 Å². The number of hydrogen-bond donors (Lipinski definition) is 0. The molecule has 0 unspecified atom stereocenters. The summed E-state index contributed by atoms with van der Waals surface area (Å²) >= 11 is 1.89. The highest BCUT2D eigenvalue weighted by molar-refractivity contribution is 8.03. The van der Waals surface area contributed by atoms with Gasteiger partial charge in [-0.2, -0.15) is 0 Å². The van der Waals surface area contributed by atoms with E-state index in [9.17, 15) is 0 Å². The molecule has 0 saturated heterocycles. The van der Waals surface area contributed by atoms with Gasteiger partial charge in [-0.15, -0.1) is 11.8 Å². The molecule has 0 amide bonds. The smallest absolute Gasteiger partial charge is 0.00518 e. The van der Waals surface area contributed by atoms with Gasteiger partial charge in [0.2, 0.25) is 0 Å². The molecule has 1 rings (SSSR count). The second-order valence-electron chi connectivity index (χ2n) is 2.60. The Balaban J connectivity index is 2.67. The van der Waals surface area contributed by atoms with Gasteiger partial charge in [-0.1, -0.05) is 37.3 Å². The number of rotatable bonds is 3. The molecule has 0 radical (unpaired) electrons. The Hall–Kier alpha value is -0.690. The van der Waals surface area contributed by atoms with E-state index in [-0.39, 0.29) is 0 Å². The molecule has 0 N–H and O–H groups in total. The molecule has 0 aliphatic carbocycles. The van der Waals surface area contributed by atoms with Crippen LogP contribution in [0, 0.1) is 0 Å². The van der Waals surface area contributed by atoms with E-state index in [2.05, 4.69) is 44.2 Å². The van der Waals surface area contributed by atoms with Gasteiger partial charge in [0, 0.05) is 0 Å². The van der Waals surface area contributed by atoms with Gasteiger partial charge < -0.3 is 0 Å². The molecule has 0 aliphatic heterocycles. The monoisotopic (exact) mass is 178 g/mol. The van der Waals surface area contributed by atoms with E-state index in [4.69, 9.17) is 0 Å². The Morgan fingerprint density at radius 3 is 2.58 bits per heavy atom. The Bertz CT molecular complexity index is 249. The van der Waals surface area contributed by atoms with Crippen LogP contribution < -0.4 is 0 Å². The van der Waals surface area contributed by atoms with Gasteiger partial charge in [0.25, 0.3) is 0 Å². The highest BCUT2D eigenvalue weighted by Crippen LogP contribution is 2.17. The molecule has 0 fully saturated rings. The normalized spacial score (nSPS) is 11.7. The molecule has 64 valence electrons. The van der Waals surface area contributed by atoms with Crippen LogP contribution >= 0.6 is 11.8 Å². The lowest BCUT2D eigenvalue weighted by atomic mass is 10.2. The maximum Gasteiger partial charge on any atom is -0.00518 e. The van der Waals surface area contributed by atoms with Crippen molar-refractivity contribution >= 4 is 17.8 Å². The van der Waals surface area contributed by atoms with Crippen LogP contribution in [-0.2, 0) is 0 Å². The molecule has 0 aromatic heterocycles. The van der Waals surface area contributed by atoms with Crippen LogP contribution in [0.3, 0.4) is 0 Å². The summed E-state index contributed by atoms with van der Waals surface area (Å²) in [6.07, 6.45) is 2.22. The summed E-state index contributed by atoms with van der Waals surface area (Å²) in [5.74, 6) is 1.15. The first-order chi connectivity index (χ1) is 5.83. The highest BCUT2D eigenvalue weighted by Gasteiger charge is 1.88. The van der Waals surface area contributed by atoms with E-state index in [0.29, 0.717) is 0 Å². The molecule has 12 heavy (non-hydrogen) atoms. The Kier molecular flexibility index (Phi) is 3.95. The SMILES string of the molecule is CCS/C(C)=C\c1ccccc1. The van der Waals surface area contributed by atoms with E-state index < -0.39 is 0 Å². The zero-order chi connectivity index (χ0) is 8.81. The van der Waals surface area contributed by atoms with Gasteiger partial charge in [-0.3, -0.25) is 0 Å². The Morgan fingerprint density at radius 2 is 2.00 bits per heavy atom. The van der Waals surface area contributed by atoms with Crippen LogP contribution in [0.4, 0.5) is 0 Å². The number of hydrogen-bond acceptors (Lipinski definition) is 1. The lowest BCUT2D eigenvalue weighted by molar-refractivity contribution is 1.52. The number of benzene rings is 1. The fraction of sp³-hybridized carbons (Fsp3) is 0.273. The third-order valence-corrected chi connectivity index (χ3v) is 2.40. The lowest BCUT2D eigenvalue weighted by Gasteiger charge is -1.97. The largest absolute Gasteiger partial charge is 0.131 e. The van der Waals surface area contributed by atoms with Crippen molar-refractivity contribution in [2.24, 2.45) is 0 Å². The van der Waals surface area contributed by atoms with Gasteiger partial charge in [0.1, 0.15) is 0 Å². The second-order valence-corrected chi connectivity index (χ2v) is 4.11. The van der Waals surface area contributed by atoms with Crippen molar-refractivity contribution in [2.45, 2.75) is 13.8 Å². The standard InChI is InChI=1S/C11H14S/c1-3-12-10(2)9-11-7-5-4-6-8-11/h4-9H,3H2,1-2H3/b10-9-. The average Bonchev–Trinajstić information content (AvgIpc) is 2.06. The van der Waals surface area contributed by atoms with Crippen molar-refractivity contribution in [1.29, 1.82) is 0 Å². The molecule has 1 aromatic rings. The molecule has 0 nitrogen and oxygen atoms in total. The quantitative estimate of drug-likeness (QED) is 0.678. The molecular weight excluding hydrogens is 164 g/mol. The van der Waals surface area contributed by atoms with E-state index in [1.807, 2.05) is 17.8 Å². The summed E-state index contributed by atoms with van der Waals surface area (Å²) in [4.78, 5) is 1.38. The van der Waals surface area contributed by atoms with Gasteiger partial charge >= 0.3 is 0 Å².